The number of carbonyl (C=O) groups excluding carboxylic acids is 1. The summed E-state index contributed by atoms with van der Waals surface area (Å²) in [5.74, 6) is 0.155. The number of carbonyl (C=O) groups is 1. The minimum Gasteiger partial charge on any atom is -0.366 e. The first-order valence-corrected chi connectivity index (χ1v) is 10.8. The summed E-state index contributed by atoms with van der Waals surface area (Å²) in [6.45, 7) is 7.29. The number of nitro groups is 1. The van der Waals surface area contributed by atoms with Crippen LogP contribution in [-0.2, 0) is 14.6 Å². The molecule has 8 nitrogen and oxygen atoms in total. The summed E-state index contributed by atoms with van der Waals surface area (Å²) in [6, 6.07) is 4.03. The average Bonchev–Trinajstić information content (AvgIpc) is 2.57. The molecule has 9 heteroatoms. The maximum atomic E-state index is 12.1. The van der Waals surface area contributed by atoms with Crippen LogP contribution in [0.5, 0.6) is 0 Å². The molecule has 1 aromatic rings. The molecule has 1 heterocycles. The predicted octanol–water partition coefficient (Wildman–Crippen LogP) is 2.38. The lowest BCUT2D eigenvalue weighted by Gasteiger charge is -2.34. The third-order valence-corrected chi connectivity index (χ3v) is 5.77. The van der Waals surface area contributed by atoms with E-state index in [2.05, 4.69) is 5.32 Å². The Morgan fingerprint density at radius 2 is 2.04 bits per heavy atom. The fraction of sp³-hybridized carbons (Fsp3) is 0.611. The van der Waals surface area contributed by atoms with Crippen LogP contribution in [-0.4, -0.2) is 45.1 Å². The SMILES string of the molecule is CC(C)(C)C(=O)NCC1CCCN(c2ccc(S(C)(=O)=O)cc2[N+](=O)[O-])C1. The summed E-state index contributed by atoms with van der Waals surface area (Å²) >= 11 is 0. The summed E-state index contributed by atoms with van der Waals surface area (Å²) in [4.78, 5) is 24.8. The lowest BCUT2D eigenvalue weighted by Crippen LogP contribution is -2.43. The highest BCUT2D eigenvalue weighted by Gasteiger charge is 2.28. The van der Waals surface area contributed by atoms with Gasteiger partial charge >= 0.3 is 0 Å². The van der Waals surface area contributed by atoms with Crippen LogP contribution < -0.4 is 10.2 Å². The monoisotopic (exact) mass is 397 g/mol. The molecule has 0 aromatic heterocycles. The number of nitrogens with zero attached hydrogens (tertiary/aromatic N) is 2. The maximum absolute atomic E-state index is 12.1. The number of anilines is 1. The highest BCUT2D eigenvalue weighted by molar-refractivity contribution is 7.90. The number of hydrogen-bond donors (Lipinski definition) is 1. The molecule has 1 N–H and O–H groups in total. The molecule has 2 rings (SSSR count). The van der Waals surface area contributed by atoms with Gasteiger partial charge in [-0.25, -0.2) is 8.42 Å². The molecule has 0 bridgehead atoms. The standard InChI is InChI=1S/C18H27N3O5S/c1-18(2,3)17(22)19-11-13-6-5-9-20(12-13)15-8-7-14(27(4,25)26)10-16(15)21(23)24/h7-8,10,13H,5-6,9,11-12H2,1-4H3,(H,19,22). The van der Waals surface area contributed by atoms with Crippen LogP contribution in [0.1, 0.15) is 33.6 Å². The molecule has 1 aliphatic heterocycles. The zero-order chi connectivity index (χ0) is 20.4. The van der Waals surface area contributed by atoms with Crippen LogP contribution >= 0.6 is 0 Å². The van der Waals surface area contributed by atoms with Crippen molar-refractivity contribution in [3.05, 3.63) is 28.3 Å². The molecule has 1 saturated heterocycles. The summed E-state index contributed by atoms with van der Waals surface area (Å²) in [5.41, 5.74) is -0.259. The molecule has 150 valence electrons. The second kappa shape index (κ2) is 7.84. The van der Waals surface area contributed by atoms with Crippen molar-refractivity contribution in [2.45, 2.75) is 38.5 Å². The third kappa shape index (κ3) is 5.41. The number of amides is 1. The molecule has 1 amide bonds. The van der Waals surface area contributed by atoms with E-state index in [0.717, 1.165) is 25.2 Å². The van der Waals surface area contributed by atoms with Gasteiger partial charge in [0.15, 0.2) is 9.84 Å². The Labute approximate surface area is 160 Å². The van der Waals surface area contributed by atoms with E-state index in [1.54, 1.807) is 0 Å². The topological polar surface area (TPSA) is 110 Å². The number of rotatable bonds is 5. The maximum Gasteiger partial charge on any atom is 0.293 e. The van der Waals surface area contributed by atoms with Crippen molar-refractivity contribution in [1.82, 2.24) is 5.32 Å². The first-order valence-electron chi connectivity index (χ1n) is 8.91. The molecule has 1 fully saturated rings. The van der Waals surface area contributed by atoms with E-state index in [9.17, 15) is 23.3 Å². The Bertz CT molecular complexity index is 830. The number of piperidine rings is 1. The van der Waals surface area contributed by atoms with E-state index >= 15 is 0 Å². The smallest absolute Gasteiger partial charge is 0.293 e. The van der Waals surface area contributed by atoms with Crippen molar-refractivity contribution in [3.8, 4) is 0 Å². The third-order valence-electron chi connectivity index (χ3n) is 4.66. The Morgan fingerprint density at radius 1 is 1.37 bits per heavy atom. The molecule has 0 spiro atoms. The largest absolute Gasteiger partial charge is 0.366 e. The molecule has 0 saturated carbocycles. The first kappa shape index (κ1) is 21.1. The van der Waals surface area contributed by atoms with Crippen LogP contribution in [0.2, 0.25) is 0 Å². The molecule has 1 aromatic carbocycles. The summed E-state index contributed by atoms with van der Waals surface area (Å²) in [6.07, 6.45) is 2.80. The van der Waals surface area contributed by atoms with Gasteiger partial charge in [-0.2, -0.15) is 0 Å². The van der Waals surface area contributed by atoms with Crippen molar-refractivity contribution in [1.29, 1.82) is 0 Å². The van der Waals surface area contributed by atoms with E-state index in [1.165, 1.54) is 12.1 Å². The van der Waals surface area contributed by atoms with Crippen LogP contribution in [0, 0.1) is 21.4 Å². The van der Waals surface area contributed by atoms with E-state index < -0.39 is 20.2 Å². The average molecular weight is 397 g/mol. The van der Waals surface area contributed by atoms with Crippen LogP contribution in [0.25, 0.3) is 0 Å². The molecular formula is C18H27N3O5S. The van der Waals surface area contributed by atoms with Gasteiger partial charge in [-0.15, -0.1) is 0 Å². The Kier molecular flexibility index (Phi) is 6.14. The van der Waals surface area contributed by atoms with E-state index in [-0.39, 0.29) is 22.4 Å². The fourth-order valence-corrected chi connectivity index (χ4v) is 3.74. The Morgan fingerprint density at radius 3 is 2.59 bits per heavy atom. The van der Waals surface area contributed by atoms with Gasteiger partial charge in [0.05, 0.1) is 9.82 Å². The molecule has 1 aliphatic rings. The van der Waals surface area contributed by atoms with Crippen molar-refractivity contribution in [2.24, 2.45) is 11.3 Å². The zero-order valence-electron chi connectivity index (χ0n) is 16.2. The van der Waals surface area contributed by atoms with Gasteiger partial charge in [0.2, 0.25) is 5.91 Å². The quantitative estimate of drug-likeness (QED) is 0.603. The molecule has 0 radical (unpaired) electrons. The van der Waals surface area contributed by atoms with Crippen molar-refractivity contribution in [2.75, 3.05) is 30.8 Å². The fourth-order valence-electron chi connectivity index (χ4n) is 3.10. The molecule has 1 atom stereocenters. The van der Waals surface area contributed by atoms with Crippen molar-refractivity contribution < 1.29 is 18.1 Å². The lowest BCUT2D eigenvalue weighted by atomic mass is 9.93. The molecule has 1 unspecified atom stereocenters. The highest BCUT2D eigenvalue weighted by atomic mass is 32.2. The summed E-state index contributed by atoms with van der Waals surface area (Å²) in [7, 11) is -3.52. The number of nitrogens with one attached hydrogen (secondary N) is 1. The lowest BCUT2D eigenvalue weighted by molar-refractivity contribution is -0.384. The normalized spacial score (nSPS) is 18.2. The van der Waals surface area contributed by atoms with Gasteiger partial charge in [0, 0.05) is 37.4 Å². The van der Waals surface area contributed by atoms with E-state index in [4.69, 9.17) is 0 Å². The van der Waals surface area contributed by atoms with E-state index in [0.29, 0.717) is 25.3 Å². The van der Waals surface area contributed by atoms with Gasteiger partial charge in [0.1, 0.15) is 5.69 Å². The number of benzene rings is 1. The molecule has 27 heavy (non-hydrogen) atoms. The second-order valence-electron chi connectivity index (χ2n) is 8.09. The van der Waals surface area contributed by atoms with Crippen LogP contribution in [0.15, 0.2) is 23.1 Å². The van der Waals surface area contributed by atoms with Crippen LogP contribution in [0.3, 0.4) is 0 Å². The highest BCUT2D eigenvalue weighted by Crippen LogP contribution is 2.33. The predicted molar refractivity (Wildman–Crippen MR) is 104 cm³/mol. The summed E-state index contributed by atoms with van der Waals surface area (Å²) < 4.78 is 23.4. The van der Waals surface area contributed by atoms with E-state index in [1.807, 2.05) is 25.7 Å². The minimum atomic E-state index is -3.52. The van der Waals surface area contributed by atoms with Gasteiger partial charge in [-0.3, -0.25) is 14.9 Å². The number of nitro benzene ring substituents is 1. The van der Waals surface area contributed by atoms with Gasteiger partial charge in [-0.1, -0.05) is 20.8 Å². The van der Waals surface area contributed by atoms with Crippen molar-refractivity contribution >= 4 is 27.1 Å². The van der Waals surface area contributed by atoms with Gasteiger partial charge < -0.3 is 10.2 Å². The second-order valence-corrected chi connectivity index (χ2v) is 10.1. The zero-order valence-corrected chi connectivity index (χ0v) is 17.0. The number of hydrogen-bond acceptors (Lipinski definition) is 6. The molecule has 0 aliphatic carbocycles. The molecular weight excluding hydrogens is 370 g/mol. The number of sulfone groups is 1. The Hall–Kier alpha value is -2.16. The van der Waals surface area contributed by atoms with Gasteiger partial charge in [-0.05, 0) is 30.9 Å². The van der Waals surface area contributed by atoms with Gasteiger partial charge in [0.25, 0.3) is 5.69 Å². The van der Waals surface area contributed by atoms with Crippen LogP contribution in [0.4, 0.5) is 11.4 Å². The van der Waals surface area contributed by atoms with Crippen molar-refractivity contribution in [3.63, 3.8) is 0 Å². The summed E-state index contributed by atoms with van der Waals surface area (Å²) in [5, 5.41) is 14.4. The minimum absolute atomic E-state index is 0.0249. The Balaban J connectivity index is 2.18. The first-order chi connectivity index (χ1) is 12.4.